The second-order valence-electron chi connectivity index (χ2n) is 11.1. The van der Waals surface area contributed by atoms with Gasteiger partial charge in [-0.05, 0) is 82.4 Å². The molecular weight excluding hydrogens is 570 g/mol. The lowest BCUT2D eigenvalue weighted by Crippen LogP contribution is -2.39. The molecule has 1 aliphatic carbocycles. The van der Waals surface area contributed by atoms with Gasteiger partial charge in [0, 0.05) is 18.2 Å². The molecule has 0 saturated heterocycles. The Kier molecular flexibility index (Phi) is 7.70. The Morgan fingerprint density at radius 3 is 2.13 bits per heavy atom. The summed E-state index contributed by atoms with van der Waals surface area (Å²) in [5.74, 6) is 1.12. The molecule has 1 aliphatic rings. The number of aromatic nitrogens is 3. The third-order valence-electron chi connectivity index (χ3n) is 5.59. The molecule has 0 unspecified atom stereocenters. The van der Waals surface area contributed by atoms with Crippen molar-refractivity contribution in [1.29, 1.82) is 0 Å². The first-order valence-corrected chi connectivity index (χ1v) is 13.3. The van der Waals surface area contributed by atoms with Gasteiger partial charge in [-0.2, -0.15) is 0 Å². The first-order chi connectivity index (χ1) is 18.2. The predicted octanol–water partition coefficient (Wildman–Crippen LogP) is 6.49. The molecular formula is C27H34BrN5O6. The van der Waals surface area contributed by atoms with Crippen LogP contribution < -0.4 is 19.3 Å². The van der Waals surface area contributed by atoms with Gasteiger partial charge in [-0.25, -0.2) is 24.0 Å². The van der Waals surface area contributed by atoms with Crippen LogP contribution >= 0.6 is 15.9 Å². The quantitative estimate of drug-likeness (QED) is 0.315. The van der Waals surface area contributed by atoms with Crippen molar-refractivity contribution in [3.63, 3.8) is 0 Å². The van der Waals surface area contributed by atoms with Crippen molar-refractivity contribution >= 4 is 51.0 Å². The van der Waals surface area contributed by atoms with E-state index in [1.807, 2.05) is 20.8 Å². The highest BCUT2D eigenvalue weighted by molar-refractivity contribution is 9.10. The second-order valence-corrected chi connectivity index (χ2v) is 12.0. The van der Waals surface area contributed by atoms with Crippen molar-refractivity contribution in [2.45, 2.75) is 71.6 Å². The number of hydrogen-bond donors (Lipinski definition) is 0. The minimum absolute atomic E-state index is 0.0644. The lowest BCUT2D eigenvalue weighted by Gasteiger charge is -2.30. The van der Waals surface area contributed by atoms with Crippen LogP contribution in [0, 0.1) is 0 Å². The molecule has 2 amide bonds. The molecule has 1 aromatic carbocycles. The van der Waals surface area contributed by atoms with Gasteiger partial charge in [-0.3, -0.25) is 4.90 Å². The summed E-state index contributed by atoms with van der Waals surface area (Å²) in [6, 6.07) is 6.63. The van der Waals surface area contributed by atoms with Crippen molar-refractivity contribution in [2.24, 2.45) is 0 Å². The maximum absolute atomic E-state index is 13.7. The van der Waals surface area contributed by atoms with E-state index in [0.29, 0.717) is 33.1 Å². The Morgan fingerprint density at radius 2 is 1.56 bits per heavy atom. The van der Waals surface area contributed by atoms with Crippen molar-refractivity contribution in [2.75, 3.05) is 24.0 Å². The van der Waals surface area contributed by atoms with Crippen molar-refractivity contribution in [1.82, 2.24) is 14.6 Å². The summed E-state index contributed by atoms with van der Waals surface area (Å²) in [4.78, 5) is 34.5. The zero-order valence-corrected chi connectivity index (χ0v) is 25.0. The largest absolute Gasteiger partial charge is 0.493 e. The third-order valence-corrected chi connectivity index (χ3v) is 6.13. The molecule has 2 heterocycles. The number of hydrogen-bond acceptors (Lipinski definition) is 8. The fraction of sp³-hybridized carbons (Fsp3) is 0.481. The maximum atomic E-state index is 13.7. The molecule has 0 N–H and O–H groups in total. The summed E-state index contributed by atoms with van der Waals surface area (Å²) >= 11 is 3.49. The van der Waals surface area contributed by atoms with Crippen LogP contribution in [0.25, 0.3) is 5.65 Å². The van der Waals surface area contributed by atoms with Crippen LogP contribution in [-0.2, 0) is 9.47 Å². The zero-order chi connectivity index (χ0) is 28.7. The van der Waals surface area contributed by atoms with E-state index in [0.717, 1.165) is 12.8 Å². The number of carbonyl (C=O) groups excluding carboxylic acids is 2. The number of rotatable bonds is 6. The number of ether oxygens (including phenoxy) is 4. The Hall–Kier alpha value is -3.54. The van der Waals surface area contributed by atoms with Crippen LogP contribution in [0.2, 0.25) is 0 Å². The summed E-state index contributed by atoms with van der Waals surface area (Å²) < 4.78 is 24.4. The zero-order valence-electron chi connectivity index (χ0n) is 23.4. The summed E-state index contributed by atoms with van der Waals surface area (Å²) in [5.41, 5.74) is -0.179. The molecule has 3 aromatic rings. The molecule has 1 fully saturated rings. The van der Waals surface area contributed by atoms with E-state index in [9.17, 15) is 9.59 Å². The predicted molar refractivity (Wildman–Crippen MR) is 150 cm³/mol. The van der Waals surface area contributed by atoms with E-state index in [1.165, 1.54) is 23.6 Å². The van der Waals surface area contributed by atoms with E-state index in [4.69, 9.17) is 24.0 Å². The van der Waals surface area contributed by atoms with Crippen molar-refractivity contribution in [3.8, 4) is 11.5 Å². The Balaban J connectivity index is 1.93. The topological polar surface area (TPSA) is 108 Å². The molecule has 11 nitrogen and oxygen atoms in total. The van der Waals surface area contributed by atoms with Crippen LogP contribution in [0.3, 0.4) is 0 Å². The molecule has 0 radical (unpaired) electrons. The van der Waals surface area contributed by atoms with Gasteiger partial charge in [0.1, 0.15) is 15.8 Å². The van der Waals surface area contributed by atoms with E-state index in [2.05, 4.69) is 20.9 Å². The van der Waals surface area contributed by atoms with Crippen LogP contribution in [0.4, 0.5) is 26.8 Å². The normalized spacial score (nSPS) is 13.7. The number of imidazole rings is 1. The molecule has 0 atom stereocenters. The molecule has 210 valence electrons. The van der Waals surface area contributed by atoms with Crippen LogP contribution in [0.1, 0.15) is 54.4 Å². The van der Waals surface area contributed by atoms with Crippen LogP contribution in [0.15, 0.2) is 35.1 Å². The summed E-state index contributed by atoms with van der Waals surface area (Å²) in [5, 5.41) is 4.70. The Morgan fingerprint density at radius 1 is 0.949 bits per heavy atom. The van der Waals surface area contributed by atoms with E-state index < -0.39 is 23.4 Å². The maximum Gasteiger partial charge on any atom is 0.420 e. The van der Waals surface area contributed by atoms with Gasteiger partial charge in [0.15, 0.2) is 23.0 Å². The van der Waals surface area contributed by atoms with Gasteiger partial charge in [0.2, 0.25) is 0 Å². The molecule has 0 aliphatic heterocycles. The highest BCUT2D eigenvalue weighted by Gasteiger charge is 2.39. The van der Waals surface area contributed by atoms with Crippen LogP contribution in [-0.4, -0.2) is 58.2 Å². The lowest BCUT2D eigenvalue weighted by atomic mass is 10.2. The van der Waals surface area contributed by atoms with E-state index in [-0.39, 0.29) is 11.9 Å². The molecule has 1 saturated carbocycles. The standard InChI is InChI=1S/C27H34BrN5O6/c1-26(2,3)38-24(34)31(16-9-10-16)18-14-22(30-33-21(28)15-29-23(18)33)32(25(35)39-27(4,5)6)17-11-12-19(36-7)20(13-17)37-8/h11-16H,9-10H2,1-8H3. The number of fused-ring (bicyclic) bond motifs is 1. The number of amides is 2. The first-order valence-electron chi connectivity index (χ1n) is 12.5. The SMILES string of the molecule is COc1ccc(N(C(=O)OC(C)(C)C)c2cc(N(C(=O)OC(C)(C)C)C3CC3)c3ncc(Br)n3n2)cc1OC. The minimum atomic E-state index is -0.787. The van der Waals surface area contributed by atoms with Gasteiger partial charge >= 0.3 is 12.2 Å². The molecule has 0 spiro atoms. The molecule has 12 heteroatoms. The second kappa shape index (κ2) is 10.6. The molecule has 39 heavy (non-hydrogen) atoms. The third kappa shape index (κ3) is 6.38. The Bertz CT molecular complexity index is 1390. The average Bonchev–Trinajstić information content (AvgIpc) is 3.58. The van der Waals surface area contributed by atoms with E-state index >= 15 is 0 Å². The molecule has 0 bridgehead atoms. The molecule has 4 rings (SSSR count). The monoisotopic (exact) mass is 603 g/mol. The van der Waals surface area contributed by atoms with Gasteiger partial charge in [0.05, 0.1) is 31.8 Å². The number of methoxy groups -OCH3 is 2. The summed E-state index contributed by atoms with van der Waals surface area (Å²) in [6.07, 6.45) is 2.05. The highest BCUT2D eigenvalue weighted by atomic mass is 79.9. The summed E-state index contributed by atoms with van der Waals surface area (Å²) in [6.45, 7) is 10.8. The van der Waals surface area contributed by atoms with Gasteiger partial charge in [-0.15, -0.1) is 5.10 Å². The smallest absolute Gasteiger partial charge is 0.420 e. The number of anilines is 3. The van der Waals surface area contributed by atoms with Crippen molar-refractivity contribution < 1.29 is 28.5 Å². The lowest BCUT2D eigenvalue weighted by molar-refractivity contribution is 0.0574. The highest BCUT2D eigenvalue weighted by Crippen LogP contribution is 2.40. The fourth-order valence-corrected chi connectivity index (χ4v) is 4.24. The number of carbonyl (C=O) groups is 2. The molecule has 2 aromatic heterocycles. The fourth-order valence-electron chi connectivity index (χ4n) is 3.89. The number of halogens is 1. The van der Waals surface area contributed by atoms with Crippen LogP contribution in [0.5, 0.6) is 11.5 Å². The summed E-state index contributed by atoms with van der Waals surface area (Å²) in [7, 11) is 3.05. The van der Waals surface area contributed by atoms with Gasteiger partial charge < -0.3 is 18.9 Å². The average molecular weight is 605 g/mol. The first kappa shape index (κ1) is 28.5. The van der Waals surface area contributed by atoms with E-state index in [1.54, 1.807) is 56.1 Å². The Labute approximate surface area is 236 Å². The minimum Gasteiger partial charge on any atom is -0.493 e. The van der Waals surface area contributed by atoms with Gasteiger partial charge in [0.25, 0.3) is 0 Å². The van der Waals surface area contributed by atoms with Gasteiger partial charge in [-0.1, -0.05) is 0 Å². The van der Waals surface area contributed by atoms with Crippen molar-refractivity contribution in [3.05, 3.63) is 35.1 Å². The number of nitrogens with zero attached hydrogens (tertiary/aromatic N) is 5. The number of benzene rings is 1.